The van der Waals surface area contributed by atoms with Gasteiger partial charge in [0, 0.05) is 62.9 Å². The number of carbonyl (C=O) groups is 1. The molecule has 2 aliphatic rings. The van der Waals surface area contributed by atoms with Gasteiger partial charge >= 0.3 is 0 Å². The number of imidazole rings is 1. The second-order valence-electron chi connectivity index (χ2n) is 7.28. The molecule has 2 aliphatic heterocycles. The Morgan fingerprint density at radius 1 is 1.23 bits per heavy atom. The fraction of sp³-hybridized carbons (Fsp3) is 0.550. The van der Waals surface area contributed by atoms with Gasteiger partial charge in [-0.3, -0.25) is 9.78 Å². The number of amides is 1. The highest BCUT2D eigenvalue weighted by molar-refractivity contribution is 5.79. The van der Waals surface area contributed by atoms with Gasteiger partial charge in [-0.1, -0.05) is 6.07 Å². The molecule has 1 unspecified atom stereocenters. The van der Waals surface area contributed by atoms with Crippen LogP contribution in [0.4, 0.5) is 0 Å². The molecule has 2 aromatic rings. The van der Waals surface area contributed by atoms with Gasteiger partial charge in [0.1, 0.15) is 5.82 Å². The van der Waals surface area contributed by atoms with Crippen LogP contribution in [0.25, 0.3) is 0 Å². The van der Waals surface area contributed by atoms with Crippen molar-refractivity contribution in [1.29, 1.82) is 0 Å². The standard InChI is InChI=1S/C20H26N4O2/c25-20(17-5-11-26-12-6-17)24-9-2-4-18(15-24)19-22-8-10-23(19)14-16-3-1-7-21-13-16/h1,3,7-8,10,13,17-18H,2,4-6,9,11-12,14-15H2. The summed E-state index contributed by atoms with van der Waals surface area (Å²) in [6.45, 7) is 3.84. The quantitative estimate of drug-likeness (QED) is 0.846. The van der Waals surface area contributed by atoms with Crippen LogP contribution < -0.4 is 0 Å². The third-order valence-corrected chi connectivity index (χ3v) is 5.49. The number of carbonyl (C=O) groups excluding carboxylic acids is 1. The Morgan fingerprint density at radius 3 is 2.92 bits per heavy atom. The lowest BCUT2D eigenvalue weighted by Gasteiger charge is -2.35. The Bertz CT molecular complexity index is 724. The summed E-state index contributed by atoms with van der Waals surface area (Å²) in [4.78, 5) is 23.8. The van der Waals surface area contributed by atoms with E-state index in [4.69, 9.17) is 4.74 Å². The minimum atomic E-state index is 0.137. The van der Waals surface area contributed by atoms with Crippen molar-refractivity contribution in [2.75, 3.05) is 26.3 Å². The number of piperidine rings is 1. The molecule has 4 rings (SSSR count). The van der Waals surface area contributed by atoms with Gasteiger partial charge in [0.05, 0.1) is 6.54 Å². The molecular formula is C20H26N4O2. The maximum Gasteiger partial charge on any atom is 0.225 e. The number of nitrogens with zero attached hydrogens (tertiary/aromatic N) is 4. The van der Waals surface area contributed by atoms with E-state index < -0.39 is 0 Å². The van der Waals surface area contributed by atoms with E-state index in [0.29, 0.717) is 25.0 Å². The van der Waals surface area contributed by atoms with E-state index in [2.05, 4.69) is 25.5 Å². The van der Waals surface area contributed by atoms with Gasteiger partial charge in [0.15, 0.2) is 0 Å². The third kappa shape index (κ3) is 3.80. The van der Waals surface area contributed by atoms with Crippen molar-refractivity contribution in [1.82, 2.24) is 19.4 Å². The maximum atomic E-state index is 12.9. The van der Waals surface area contributed by atoms with Crippen LogP contribution in [-0.2, 0) is 16.1 Å². The van der Waals surface area contributed by atoms with Crippen molar-refractivity contribution < 1.29 is 9.53 Å². The van der Waals surface area contributed by atoms with Gasteiger partial charge in [-0.15, -0.1) is 0 Å². The van der Waals surface area contributed by atoms with Crippen LogP contribution in [0.15, 0.2) is 36.9 Å². The van der Waals surface area contributed by atoms with E-state index in [1.54, 1.807) is 6.20 Å². The van der Waals surface area contributed by atoms with E-state index in [1.165, 1.54) is 0 Å². The molecule has 0 N–H and O–H groups in total. The van der Waals surface area contributed by atoms with Crippen LogP contribution in [0, 0.1) is 5.92 Å². The van der Waals surface area contributed by atoms with Gasteiger partial charge < -0.3 is 14.2 Å². The summed E-state index contributed by atoms with van der Waals surface area (Å²) in [6.07, 6.45) is 11.4. The SMILES string of the molecule is O=C(C1CCOCC1)N1CCCC(c2nccn2Cc2cccnc2)C1. The number of pyridine rings is 1. The Labute approximate surface area is 154 Å². The Balaban J connectivity index is 1.45. The average molecular weight is 354 g/mol. The molecule has 0 saturated carbocycles. The fourth-order valence-electron chi connectivity index (χ4n) is 4.09. The van der Waals surface area contributed by atoms with Crippen molar-refractivity contribution in [2.45, 2.75) is 38.1 Å². The lowest BCUT2D eigenvalue weighted by Crippen LogP contribution is -2.44. The van der Waals surface area contributed by atoms with Crippen LogP contribution in [-0.4, -0.2) is 51.6 Å². The molecule has 0 aromatic carbocycles. The van der Waals surface area contributed by atoms with Crippen LogP contribution in [0.1, 0.15) is 43.0 Å². The first-order valence-electron chi connectivity index (χ1n) is 9.58. The summed E-state index contributed by atoms with van der Waals surface area (Å²) in [5.41, 5.74) is 1.16. The molecule has 0 aliphatic carbocycles. The highest BCUT2D eigenvalue weighted by Crippen LogP contribution is 2.28. The minimum absolute atomic E-state index is 0.137. The molecule has 6 nitrogen and oxygen atoms in total. The third-order valence-electron chi connectivity index (χ3n) is 5.49. The van der Waals surface area contributed by atoms with Gasteiger partial charge in [-0.25, -0.2) is 4.98 Å². The van der Waals surface area contributed by atoms with E-state index >= 15 is 0 Å². The second kappa shape index (κ2) is 7.99. The molecule has 4 heterocycles. The zero-order valence-corrected chi connectivity index (χ0v) is 15.1. The molecule has 1 atom stereocenters. The maximum absolute atomic E-state index is 12.9. The van der Waals surface area contributed by atoms with Crippen molar-refractivity contribution in [3.8, 4) is 0 Å². The monoisotopic (exact) mass is 354 g/mol. The summed E-state index contributed by atoms with van der Waals surface area (Å²) < 4.78 is 7.60. The molecule has 26 heavy (non-hydrogen) atoms. The van der Waals surface area contributed by atoms with Crippen molar-refractivity contribution in [3.63, 3.8) is 0 Å². The molecule has 138 valence electrons. The van der Waals surface area contributed by atoms with Crippen molar-refractivity contribution >= 4 is 5.91 Å². The number of likely N-dealkylation sites (tertiary alicyclic amines) is 1. The largest absolute Gasteiger partial charge is 0.381 e. The summed E-state index contributed by atoms with van der Waals surface area (Å²) in [5, 5.41) is 0. The Hall–Kier alpha value is -2.21. The molecule has 0 bridgehead atoms. The first kappa shape index (κ1) is 17.2. The van der Waals surface area contributed by atoms with Crippen LogP contribution in [0.3, 0.4) is 0 Å². The number of hydrogen-bond donors (Lipinski definition) is 0. The van der Waals surface area contributed by atoms with Crippen LogP contribution >= 0.6 is 0 Å². The van der Waals surface area contributed by atoms with Gasteiger partial charge in [0.25, 0.3) is 0 Å². The lowest BCUT2D eigenvalue weighted by atomic mass is 9.93. The molecule has 2 saturated heterocycles. The predicted molar refractivity (Wildman–Crippen MR) is 97.7 cm³/mol. The summed E-state index contributed by atoms with van der Waals surface area (Å²) in [7, 11) is 0. The van der Waals surface area contributed by atoms with Crippen molar-refractivity contribution in [3.05, 3.63) is 48.3 Å². The Kier molecular flexibility index (Phi) is 5.29. The van der Waals surface area contributed by atoms with Gasteiger partial charge in [0.2, 0.25) is 5.91 Å². The van der Waals surface area contributed by atoms with E-state index in [0.717, 1.165) is 56.7 Å². The summed E-state index contributed by atoms with van der Waals surface area (Å²) >= 11 is 0. The van der Waals surface area contributed by atoms with Crippen molar-refractivity contribution in [2.24, 2.45) is 5.92 Å². The molecule has 6 heteroatoms. The second-order valence-corrected chi connectivity index (χ2v) is 7.28. The summed E-state index contributed by atoms with van der Waals surface area (Å²) in [5.74, 6) is 1.83. The highest BCUT2D eigenvalue weighted by atomic mass is 16.5. The van der Waals surface area contributed by atoms with Gasteiger partial charge in [-0.05, 0) is 37.3 Å². The average Bonchev–Trinajstić information content (AvgIpc) is 3.17. The van der Waals surface area contributed by atoms with E-state index in [-0.39, 0.29) is 5.92 Å². The zero-order valence-electron chi connectivity index (χ0n) is 15.1. The summed E-state index contributed by atoms with van der Waals surface area (Å²) in [6, 6.07) is 4.04. The zero-order chi connectivity index (χ0) is 17.8. The minimum Gasteiger partial charge on any atom is -0.381 e. The van der Waals surface area contributed by atoms with Crippen LogP contribution in [0.5, 0.6) is 0 Å². The number of hydrogen-bond acceptors (Lipinski definition) is 4. The predicted octanol–water partition coefficient (Wildman–Crippen LogP) is 2.46. The molecule has 2 aromatic heterocycles. The van der Waals surface area contributed by atoms with Crippen LogP contribution in [0.2, 0.25) is 0 Å². The molecular weight excluding hydrogens is 328 g/mol. The topological polar surface area (TPSA) is 60.2 Å². The van der Waals surface area contributed by atoms with E-state index in [9.17, 15) is 4.79 Å². The number of aromatic nitrogens is 3. The normalized spacial score (nSPS) is 21.7. The fourth-order valence-corrected chi connectivity index (χ4v) is 4.09. The number of ether oxygens (including phenoxy) is 1. The number of rotatable bonds is 4. The highest BCUT2D eigenvalue weighted by Gasteiger charge is 2.31. The van der Waals surface area contributed by atoms with E-state index in [1.807, 2.05) is 24.7 Å². The first-order valence-corrected chi connectivity index (χ1v) is 9.58. The molecule has 0 radical (unpaired) electrons. The Morgan fingerprint density at radius 2 is 2.12 bits per heavy atom. The molecule has 0 spiro atoms. The van der Waals surface area contributed by atoms with Gasteiger partial charge in [-0.2, -0.15) is 0 Å². The molecule has 2 fully saturated rings. The first-order chi connectivity index (χ1) is 12.8. The molecule has 1 amide bonds. The lowest BCUT2D eigenvalue weighted by molar-refractivity contribution is -0.139. The smallest absolute Gasteiger partial charge is 0.225 e.